The van der Waals surface area contributed by atoms with E-state index in [1.165, 1.54) is 25.5 Å². The molecule has 0 atom stereocenters. The number of nitrogens with zero attached hydrogens (tertiary/aromatic N) is 1. The van der Waals surface area contributed by atoms with E-state index in [1.807, 2.05) is 0 Å². The van der Waals surface area contributed by atoms with Crippen LogP contribution in [-0.4, -0.2) is 38.2 Å². The summed E-state index contributed by atoms with van der Waals surface area (Å²) >= 11 is 0. The van der Waals surface area contributed by atoms with E-state index in [9.17, 15) is 22.8 Å². The van der Waals surface area contributed by atoms with Crippen LogP contribution in [0.5, 0.6) is 5.75 Å². The number of carbonyl (C=O) groups excluding carboxylic acids is 2. The molecule has 10 heteroatoms. The van der Waals surface area contributed by atoms with Gasteiger partial charge in [-0.15, -0.1) is 13.2 Å². The van der Waals surface area contributed by atoms with Crippen LogP contribution in [0.2, 0.25) is 0 Å². The minimum atomic E-state index is -4.78. The van der Waals surface area contributed by atoms with Gasteiger partial charge in [0, 0.05) is 5.69 Å². The van der Waals surface area contributed by atoms with Crippen LogP contribution in [0.15, 0.2) is 53.7 Å². The number of alkyl halides is 3. The van der Waals surface area contributed by atoms with Crippen LogP contribution in [-0.2, 0) is 14.4 Å². The lowest BCUT2D eigenvalue weighted by molar-refractivity contribution is -0.274. The van der Waals surface area contributed by atoms with Gasteiger partial charge in [-0.05, 0) is 42.0 Å². The number of esters is 1. The lowest BCUT2D eigenvalue weighted by atomic mass is 10.1. The number of anilines is 1. The Balaban J connectivity index is 1.78. The summed E-state index contributed by atoms with van der Waals surface area (Å²) in [5, 5.41) is 6.06. The van der Waals surface area contributed by atoms with Crippen molar-refractivity contribution in [3.05, 3.63) is 59.7 Å². The third-order valence-corrected chi connectivity index (χ3v) is 3.18. The Kier molecular flexibility index (Phi) is 6.96. The number of carbonyl (C=O) groups is 2. The van der Waals surface area contributed by atoms with Gasteiger partial charge in [0.05, 0.1) is 18.9 Å². The molecule has 2 rings (SSSR count). The quantitative estimate of drug-likeness (QED) is 0.441. The highest BCUT2D eigenvalue weighted by atomic mass is 19.4. The highest BCUT2D eigenvalue weighted by molar-refractivity contribution is 5.92. The molecule has 0 aliphatic heterocycles. The molecule has 0 spiro atoms. The van der Waals surface area contributed by atoms with Gasteiger partial charge in [-0.25, -0.2) is 4.79 Å². The third kappa shape index (κ3) is 6.98. The molecule has 0 aliphatic rings. The van der Waals surface area contributed by atoms with Crippen molar-refractivity contribution in [3.8, 4) is 5.75 Å². The first-order chi connectivity index (χ1) is 13.3. The molecular formula is C18H15F3N2O5. The average molecular weight is 396 g/mol. The SMILES string of the molecule is COC(=O)c1ccc(/C=N/OCC(=O)Nc2ccc(OC(F)(F)F)cc2)cc1. The molecule has 2 aromatic carbocycles. The zero-order valence-corrected chi connectivity index (χ0v) is 14.5. The highest BCUT2D eigenvalue weighted by Gasteiger charge is 2.30. The van der Waals surface area contributed by atoms with Gasteiger partial charge in [0.2, 0.25) is 0 Å². The standard InChI is InChI=1S/C18H15F3N2O5/c1-26-17(25)13-4-2-12(3-5-13)10-22-27-11-16(24)23-14-6-8-15(9-7-14)28-18(19,20)21/h2-10H,11H2,1H3,(H,23,24)/b22-10+. The smallest absolute Gasteiger partial charge is 0.465 e. The number of halogens is 3. The van der Waals surface area contributed by atoms with Gasteiger partial charge in [0.1, 0.15) is 5.75 Å². The summed E-state index contributed by atoms with van der Waals surface area (Å²) < 4.78 is 44.5. The maximum Gasteiger partial charge on any atom is 0.573 e. The van der Waals surface area contributed by atoms with Gasteiger partial charge in [0.25, 0.3) is 5.91 Å². The summed E-state index contributed by atoms with van der Waals surface area (Å²) in [6, 6.07) is 11.0. The third-order valence-electron chi connectivity index (χ3n) is 3.18. The summed E-state index contributed by atoms with van der Waals surface area (Å²) in [6.07, 6.45) is -3.44. The second-order valence-electron chi connectivity index (χ2n) is 5.24. The van der Waals surface area contributed by atoms with Crippen LogP contribution in [0.3, 0.4) is 0 Å². The van der Waals surface area contributed by atoms with Gasteiger partial charge < -0.3 is 19.6 Å². The van der Waals surface area contributed by atoms with E-state index in [0.717, 1.165) is 12.1 Å². The summed E-state index contributed by atoms with van der Waals surface area (Å²) in [5.74, 6) is -1.42. The molecular weight excluding hydrogens is 381 g/mol. The molecule has 1 amide bonds. The second-order valence-corrected chi connectivity index (χ2v) is 5.24. The molecule has 0 heterocycles. The predicted octanol–water partition coefficient (Wildman–Crippen LogP) is 3.36. The first-order valence-electron chi connectivity index (χ1n) is 7.76. The molecule has 0 saturated carbocycles. The highest BCUT2D eigenvalue weighted by Crippen LogP contribution is 2.23. The van der Waals surface area contributed by atoms with Crippen LogP contribution in [0.4, 0.5) is 18.9 Å². The Bertz CT molecular complexity index is 834. The number of ether oxygens (including phenoxy) is 2. The molecule has 0 radical (unpaired) electrons. The fourth-order valence-corrected chi connectivity index (χ4v) is 1.95. The van der Waals surface area contributed by atoms with Gasteiger partial charge in [-0.3, -0.25) is 4.79 Å². The van der Waals surface area contributed by atoms with Crippen LogP contribution in [0, 0.1) is 0 Å². The maximum absolute atomic E-state index is 12.1. The largest absolute Gasteiger partial charge is 0.573 e. The summed E-state index contributed by atoms with van der Waals surface area (Å²) in [7, 11) is 1.28. The second kappa shape index (κ2) is 9.40. The topological polar surface area (TPSA) is 86.2 Å². The van der Waals surface area contributed by atoms with Crippen molar-refractivity contribution < 1.29 is 37.1 Å². The number of methoxy groups -OCH3 is 1. The Hall–Kier alpha value is -3.56. The Morgan fingerprint density at radius 1 is 1.07 bits per heavy atom. The van der Waals surface area contributed by atoms with E-state index in [-0.39, 0.29) is 5.69 Å². The maximum atomic E-state index is 12.1. The van der Waals surface area contributed by atoms with E-state index in [4.69, 9.17) is 4.84 Å². The van der Waals surface area contributed by atoms with Crippen molar-refractivity contribution in [2.24, 2.45) is 5.16 Å². The monoisotopic (exact) mass is 396 g/mol. The lowest BCUT2D eigenvalue weighted by Crippen LogP contribution is -2.18. The van der Waals surface area contributed by atoms with Gasteiger partial charge in [0.15, 0.2) is 6.61 Å². The minimum absolute atomic E-state index is 0.269. The molecule has 2 aromatic rings. The molecule has 28 heavy (non-hydrogen) atoms. The van der Waals surface area contributed by atoms with Crippen molar-refractivity contribution >= 4 is 23.8 Å². The number of hydrogen-bond donors (Lipinski definition) is 1. The van der Waals surface area contributed by atoms with Crippen molar-refractivity contribution in [2.75, 3.05) is 19.0 Å². The minimum Gasteiger partial charge on any atom is -0.465 e. The summed E-state index contributed by atoms with van der Waals surface area (Å²) in [6.45, 7) is -0.405. The van der Waals surface area contributed by atoms with Gasteiger partial charge in [-0.1, -0.05) is 17.3 Å². The molecule has 148 valence electrons. The van der Waals surface area contributed by atoms with E-state index >= 15 is 0 Å². The lowest BCUT2D eigenvalue weighted by Gasteiger charge is -2.09. The molecule has 0 aliphatic carbocycles. The van der Waals surface area contributed by atoms with E-state index < -0.39 is 30.6 Å². The predicted molar refractivity (Wildman–Crippen MR) is 93.1 cm³/mol. The molecule has 0 fully saturated rings. The number of oxime groups is 1. The Morgan fingerprint density at radius 2 is 1.71 bits per heavy atom. The zero-order valence-electron chi connectivity index (χ0n) is 14.5. The van der Waals surface area contributed by atoms with E-state index in [0.29, 0.717) is 11.1 Å². The van der Waals surface area contributed by atoms with Crippen LogP contribution in [0.25, 0.3) is 0 Å². The summed E-state index contributed by atoms with van der Waals surface area (Å²) in [5.41, 5.74) is 1.28. The fourth-order valence-electron chi connectivity index (χ4n) is 1.95. The first kappa shape index (κ1) is 20.7. The fraction of sp³-hybridized carbons (Fsp3) is 0.167. The molecule has 0 bridgehead atoms. The molecule has 0 aromatic heterocycles. The van der Waals surface area contributed by atoms with Crippen LogP contribution < -0.4 is 10.1 Å². The average Bonchev–Trinajstić information content (AvgIpc) is 2.65. The molecule has 0 saturated heterocycles. The number of nitrogens with one attached hydrogen (secondary N) is 1. The van der Waals surface area contributed by atoms with Crippen molar-refractivity contribution in [1.82, 2.24) is 0 Å². The number of amides is 1. The number of hydrogen-bond acceptors (Lipinski definition) is 6. The summed E-state index contributed by atoms with van der Waals surface area (Å²) in [4.78, 5) is 27.9. The zero-order chi connectivity index (χ0) is 20.6. The van der Waals surface area contributed by atoms with Crippen molar-refractivity contribution in [1.29, 1.82) is 0 Å². The van der Waals surface area contributed by atoms with E-state index in [2.05, 4.69) is 19.9 Å². The molecule has 0 unspecified atom stereocenters. The van der Waals surface area contributed by atoms with E-state index in [1.54, 1.807) is 24.3 Å². The van der Waals surface area contributed by atoms with Gasteiger partial charge >= 0.3 is 12.3 Å². The molecule has 1 N–H and O–H groups in total. The van der Waals surface area contributed by atoms with Crippen LogP contribution in [0.1, 0.15) is 15.9 Å². The number of benzene rings is 2. The number of rotatable bonds is 7. The van der Waals surface area contributed by atoms with Gasteiger partial charge in [-0.2, -0.15) is 0 Å². The van der Waals surface area contributed by atoms with Crippen molar-refractivity contribution in [2.45, 2.75) is 6.36 Å². The Labute approximate surface area is 157 Å². The first-order valence-corrected chi connectivity index (χ1v) is 7.76. The van der Waals surface area contributed by atoms with Crippen molar-refractivity contribution in [3.63, 3.8) is 0 Å². The van der Waals surface area contributed by atoms with Crippen LogP contribution >= 0.6 is 0 Å². The molecule has 7 nitrogen and oxygen atoms in total. The normalized spacial score (nSPS) is 11.1. The Morgan fingerprint density at radius 3 is 2.29 bits per heavy atom.